The van der Waals surface area contributed by atoms with E-state index < -0.39 is 28.7 Å². The number of hydrogen-bond acceptors (Lipinski definition) is 6. The van der Waals surface area contributed by atoms with Crippen LogP contribution < -0.4 is 9.47 Å². The first-order valence-electron chi connectivity index (χ1n) is 8.19. The van der Waals surface area contributed by atoms with Crippen LogP contribution in [0.15, 0.2) is 42.5 Å². The molecular formula is C19H19NO8. The highest BCUT2D eigenvalue weighted by atomic mass is 16.6. The second-order valence-electron chi connectivity index (χ2n) is 5.99. The summed E-state index contributed by atoms with van der Waals surface area (Å²) in [5, 5.41) is 30.3. The Kier molecular flexibility index (Phi) is 6.54. The number of ether oxygens (including phenoxy) is 2. The zero-order chi connectivity index (χ0) is 20.8. The molecule has 0 radical (unpaired) electrons. The van der Waals surface area contributed by atoms with E-state index in [-0.39, 0.29) is 17.7 Å². The molecule has 0 saturated heterocycles. The zero-order valence-corrected chi connectivity index (χ0v) is 15.2. The molecule has 0 aliphatic carbocycles. The van der Waals surface area contributed by atoms with Crippen LogP contribution in [-0.2, 0) is 16.0 Å². The van der Waals surface area contributed by atoms with Crippen LogP contribution in [0.3, 0.4) is 0 Å². The lowest BCUT2D eigenvalue weighted by atomic mass is 9.81. The SMILES string of the molecule is COc1ccc(C(Cc2cc(OC)ccc2[N+](=O)[O-])C(C(=O)O)C(=O)O)cc1. The van der Waals surface area contributed by atoms with Crippen molar-refractivity contribution in [3.05, 3.63) is 63.7 Å². The van der Waals surface area contributed by atoms with Crippen LogP contribution in [0, 0.1) is 16.0 Å². The number of rotatable bonds is 9. The second kappa shape index (κ2) is 8.85. The van der Waals surface area contributed by atoms with E-state index in [0.717, 1.165) is 0 Å². The van der Waals surface area contributed by atoms with Gasteiger partial charge in [-0.05, 0) is 36.2 Å². The number of nitro benzene ring substituents is 1. The van der Waals surface area contributed by atoms with Crippen molar-refractivity contribution in [3.8, 4) is 11.5 Å². The summed E-state index contributed by atoms with van der Waals surface area (Å²) in [7, 11) is 2.85. The lowest BCUT2D eigenvalue weighted by molar-refractivity contribution is -0.385. The molecule has 9 heteroatoms. The van der Waals surface area contributed by atoms with Crippen molar-refractivity contribution < 1.29 is 34.2 Å². The monoisotopic (exact) mass is 389 g/mol. The number of hydrogen-bond donors (Lipinski definition) is 2. The first-order chi connectivity index (χ1) is 13.3. The maximum Gasteiger partial charge on any atom is 0.318 e. The maximum atomic E-state index is 11.6. The molecule has 2 aromatic carbocycles. The highest BCUT2D eigenvalue weighted by Gasteiger charge is 2.37. The standard InChI is InChI=1S/C19H19NO8/c1-27-13-5-3-11(4-6-13)15(17(18(21)22)19(23)24)10-12-9-14(28-2)7-8-16(12)20(25)26/h3-9,15,17H,10H2,1-2H3,(H,21,22)(H,23,24). The molecule has 2 rings (SSSR count). The van der Waals surface area contributed by atoms with Gasteiger partial charge in [0, 0.05) is 17.5 Å². The highest BCUT2D eigenvalue weighted by Crippen LogP contribution is 2.35. The number of carboxylic acid groups (broad SMARTS) is 2. The zero-order valence-electron chi connectivity index (χ0n) is 15.2. The molecular weight excluding hydrogens is 370 g/mol. The third kappa shape index (κ3) is 4.56. The Labute approximate surface area is 160 Å². The lowest BCUT2D eigenvalue weighted by Gasteiger charge is -2.22. The Balaban J connectivity index is 2.57. The maximum absolute atomic E-state index is 11.6. The predicted molar refractivity (Wildman–Crippen MR) is 97.8 cm³/mol. The molecule has 2 aromatic rings. The molecule has 0 saturated carbocycles. The van der Waals surface area contributed by atoms with Crippen LogP contribution in [0.5, 0.6) is 11.5 Å². The molecule has 0 heterocycles. The van der Waals surface area contributed by atoms with Gasteiger partial charge in [0.05, 0.1) is 19.1 Å². The van der Waals surface area contributed by atoms with Gasteiger partial charge in [-0.3, -0.25) is 19.7 Å². The Morgan fingerprint density at radius 1 is 1.00 bits per heavy atom. The van der Waals surface area contributed by atoms with Crippen LogP contribution in [-0.4, -0.2) is 41.3 Å². The molecule has 0 spiro atoms. The fourth-order valence-electron chi connectivity index (χ4n) is 3.00. The molecule has 1 atom stereocenters. The molecule has 0 fully saturated rings. The Bertz CT molecular complexity index is 864. The number of carboxylic acids is 2. The van der Waals surface area contributed by atoms with E-state index in [1.54, 1.807) is 24.3 Å². The largest absolute Gasteiger partial charge is 0.497 e. The summed E-state index contributed by atoms with van der Waals surface area (Å²) >= 11 is 0. The minimum absolute atomic E-state index is 0.177. The summed E-state index contributed by atoms with van der Waals surface area (Å²) in [4.78, 5) is 34.1. The van der Waals surface area contributed by atoms with Gasteiger partial charge in [-0.1, -0.05) is 12.1 Å². The molecule has 9 nitrogen and oxygen atoms in total. The van der Waals surface area contributed by atoms with Gasteiger partial charge < -0.3 is 19.7 Å². The Hall–Kier alpha value is -3.62. The molecule has 0 aliphatic rings. The molecule has 1 unspecified atom stereocenters. The van der Waals surface area contributed by atoms with E-state index >= 15 is 0 Å². The summed E-state index contributed by atoms with van der Waals surface area (Å²) in [5.74, 6) is -5.04. The van der Waals surface area contributed by atoms with Crippen LogP contribution in [0.25, 0.3) is 0 Å². The molecule has 0 aromatic heterocycles. The Morgan fingerprint density at radius 3 is 2.00 bits per heavy atom. The third-order valence-electron chi connectivity index (χ3n) is 4.40. The average molecular weight is 389 g/mol. The van der Waals surface area contributed by atoms with Crippen molar-refractivity contribution in [2.24, 2.45) is 5.92 Å². The third-order valence-corrected chi connectivity index (χ3v) is 4.40. The molecule has 0 aliphatic heterocycles. The van der Waals surface area contributed by atoms with Crippen LogP contribution >= 0.6 is 0 Å². The Morgan fingerprint density at radius 2 is 1.54 bits per heavy atom. The van der Waals surface area contributed by atoms with E-state index in [1.165, 1.54) is 32.4 Å². The average Bonchev–Trinajstić information content (AvgIpc) is 2.66. The van der Waals surface area contributed by atoms with Crippen molar-refractivity contribution in [2.45, 2.75) is 12.3 Å². The van der Waals surface area contributed by atoms with Gasteiger partial charge in [-0.2, -0.15) is 0 Å². The second-order valence-corrected chi connectivity index (χ2v) is 5.99. The van der Waals surface area contributed by atoms with Gasteiger partial charge >= 0.3 is 11.9 Å². The van der Waals surface area contributed by atoms with E-state index in [9.17, 15) is 29.9 Å². The van der Waals surface area contributed by atoms with Crippen molar-refractivity contribution in [1.82, 2.24) is 0 Å². The van der Waals surface area contributed by atoms with E-state index in [4.69, 9.17) is 9.47 Å². The topological polar surface area (TPSA) is 136 Å². The molecule has 0 amide bonds. The molecule has 28 heavy (non-hydrogen) atoms. The molecule has 2 N–H and O–H groups in total. The van der Waals surface area contributed by atoms with Gasteiger partial charge in [0.2, 0.25) is 0 Å². The number of nitrogens with zero attached hydrogens (tertiary/aromatic N) is 1. The van der Waals surface area contributed by atoms with Crippen LogP contribution in [0.4, 0.5) is 5.69 Å². The van der Waals surface area contributed by atoms with E-state index in [1.807, 2.05) is 0 Å². The van der Waals surface area contributed by atoms with Gasteiger partial charge in [0.15, 0.2) is 5.92 Å². The fraction of sp³-hybridized carbons (Fsp3) is 0.263. The van der Waals surface area contributed by atoms with Crippen molar-refractivity contribution in [2.75, 3.05) is 14.2 Å². The van der Waals surface area contributed by atoms with E-state index in [2.05, 4.69) is 0 Å². The normalized spacial score (nSPS) is 11.7. The fourth-order valence-corrected chi connectivity index (χ4v) is 3.00. The molecule has 148 valence electrons. The van der Waals surface area contributed by atoms with Crippen LogP contribution in [0.2, 0.25) is 0 Å². The smallest absolute Gasteiger partial charge is 0.318 e. The minimum Gasteiger partial charge on any atom is -0.497 e. The summed E-state index contributed by atoms with van der Waals surface area (Å²) < 4.78 is 10.2. The van der Waals surface area contributed by atoms with Gasteiger partial charge in [0.1, 0.15) is 11.5 Å². The number of benzene rings is 2. The summed E-state index contributed by atoms with van der Waals surface area (Å²) in [6.07, 6.45) is -0.177. The first-order valence-corrected chi connectivity index (χ1v) is 8.19. The summed E-state index contributed by atoms with van der Waals surface area (Å²) in [6, 6.07) is 10.3. The van der Waals surface area contributed by atoms with Crippen LogP contribution in [0.1, 0.15) is 17.0 Å². The summed E-state index contributed by atoms with van der Waals surface area (Å²) in [6.45, 7) is 0. The number of nitro groups is 1. The minimum atomic E-state index is -1.79. The number of carbonyl (C=O) groups is 2. The van der Waals surface area contributed by atoms with Crippen molar-refractivity contribution >= 4 is 17.6 Å². The summed E-state index contributed by atoms with van der Waals surface area (Å²) in [5.41, 5.74) is 0.347. The highest BCUT2D eigenvalue weighted by molar-refractivity contribution is 5.94. The van der Waals surface area contributed by atoms with Crippen molar-refractivity contribution in [1.29, 1.82) is 0 Å². The number of aliphatic carboxylic acids is 2. The van der Waals surface area contributed by atoms with Gasteiger partial charge in [-0.15, -0.1) is 0 Å². The first kappa shape index (κ1) is 20.7. The van der Waals surface area contributed by atoms with Crippen molar-refractivity contribution in [3.63, 3.8) is 0 Å². The van der Waals surface area contributed by atoms with E-state index in [0.29, 0.717) is 17.1 Å². The molecule has 0 bridgehead atoms. The van der Waals surface area contributed by atoms with Gasteiger partial charge in [0.25, 0.3) is 5.69 Å². The van der Waals surface area contributed by atoms with Gasteiger partial charge in [-0.25, -0.2) is 0 Å². The predicted octanol–water partition coefficient (Wildman–Crippen LogP) is 2.72. The lowest BCUT2D eigenvalue weighted by Crippen LogP contribution is -2.31. The number of methoxy groups -OCH3 is 2. The quantitative estimate of drug-likeness (QED) is 0.379.